The van der Waals surface area contributed by atoms with Crippen LogP contribution >= 0.6 is 0 Å². The van der Waals surface area contributed by atoms with E-state index in [4.69, 9.17) is 5.73 Å². The molecule has 156 valence electrons. The molecule has 0 spiro atoms. The number of aliphatic imine (C=N–C) groups is 1. The van der Waals surface area contributed by atoms with Gasteiger partial charge in [0.15, 0.2) is 0 Å². The Morgan fingerprint density at radius 3 is 2.83 bits per heavy atom. The number of H-pyrrole nitrogens is 1. The molecular formula is C23H28N6O. The highest BCUT2D eigenvalue weighted by molar-refractivity contribution is 5.78. The van der Waals surface area contributed by atoms with Crippen molar-refractivity contribution < 1.29 is 0 Å². The van der Waals surface area contributed by atoms with Gasteiger partial charge in [-0.3, -0.25) is 4.57 Å². The van der Waals surface area contributed by atoms with Crippen molar-refractivity contribution in [2.24, 2.45) is 10.7 Å². The van der Waals surface area contributed by atoms with Crippen molar-refractivity contribution in [1.29, 1.82) is 0 Å². The Morgan fingerprint density at radius 2 is 2.13 bits per heavy atom. The molecule has 0 aliphatic heterocycles. The number of rotatable bonds is 9. The van der Waals surface area contributed by atoms with E-state index in [9.17, 15) is 4.79 Å². The largest absolute Gasteiger partial charge is 0.387 e. The molecule has 1 aromatic carbocycles. The first-order chi connectivity index (χ1) is 14.5. The highest BCUT2D eigenvalue weighted by Gasteiger charge is 2.06. The highest BCUT2D eigenvalue weighted by atomic mass is 16.1. The molecule has 0 fully saturated rings. The summed E-state index contributed by atoms with van der Waals surface area (Å²) < 4.78 is 1.57. The minimum Gasteiger partial charge on any atom is -0.387 e. The Morgan fingerprint density at radius 1 is 1.37 bits per heavy atom. The number of fused-ring (bicyclic) bond motifs is 1. The van der Waals surface area contributed by atoms with Crippen LogP contribution in [0.4, 0.5) is 0 Å². The van der Waals surface area contributed by atoms with Gasteiger partial charge in [-0.1, -0.05) is 24.8 Å². The number of allylic oxidation sites excluding steroid dienone is 3. The number of aromatic nitrogens is 3. The number of nitrogens with zero attached hydrogens (tertiary/aromatic N) is 3. The maximum absolute atomic E-state index is 12.3. The van der Waals surface area contributed by atoms with Crippen LogP contribution in [0.25, 0.3) is 16.7 Å². The molecule has 0 saturated carbocycles. The number of nitrogens with two attached hydrogens (primary N) is 1. The van der Waals surface area contributed by atoms with Gasteiger partial charge in [-0.15, -0.1) is 0 Å². The molecule has 2 heterocycles. The molecule has 0 atom stereocenters. The monoisotopic (exact) mass is 404 g/mol. The third-order valence-electron chi connectivity index (χ3n) is 4.60. The molecule has 0 aliphatic carbocycles. The fourth-order valence-electron chi connectivity index (χ4n) is 3.26. The summed E-state index contributed by atoms with van der Waals surface area (Å²) in [6.45, 7) is 9.05. The molecule has 0 bridgehead atoms. The van der Waals surface area contributed by atoms with E-state index in [1.807, 2.05) is 49.5 Å². The molecule has 0 amide bonds. The van der Waals surface area contributed by atoms with Crippen LogP contribution in [0.5, 0.6) is 0 Å². The molecular weight excluding hydrogens is 376 g/mol. The molecule has 4 N–H and O–H groups in total. The Labute approximate surface area is 176 Å². The normalized spacial score (nSPS) is 12.5. The van der Waals surface area contributed by atoms with Gasteiger partial charge >= 0.3 is 5.69 Å². The van der Waals surface area contributed by atoms with Crippen molar-refractivity contribution in [3.63, 3.8) is 0 Å². The molecule has 2 aromatic heterocycles. The van der Waals surface area contributed by atoms with Crippen molar-refractivity contribution in [1.82, 2.24) is 19.9 Å². The summed E-state index contributed by atoms with van der Waals surface area (Å²) in [6.07, 6.45) is 7.22. The average Bonchev–Trinajstić information content (AvgIpc) is 3.06. The van der Waals surface area contributed by atoms with Crippen LogP contribution in [-0.4, -0.2) is 26.9 Å². The minimum absolute atomic E-state index is 0.297. The lowest BCUT2D eigenvalue weighted by atomic mass is 10.2. The van der Waals surface area contributed by atoms with E-state index in [0.29, 0.717) is 11.5 Å². The van der Waals surface area contributed by atoms with E-state index < -0.39 is 0 Å². The van der Waals surface area contributed by atoms with Crippen molar-refractivity contribution in [2.45, 2.75) is 33.2 Å². The van der Waals surface area contributed by atoms with Crippen LogP contribution in [0.3, 0.4) is 0 Å². The summed E-state index contributed by atoms with van der Waals surface area (Å²) in [5, 5.41) is 4.35. The maximum Gasteiger partial charge on any atom is 0.354 e. The van der Waals surface area contributed by atoms with Gasteiger partial charge in [0, 0.05) is 29.5 Å². The smallest absolute Gasteiger partial charge is 0.354 e. The van der Waals surface area contributed by atoms with Gasteiger partial charge in [-0.2, -0.15) is 4.98 Å². The van der Waals surface area contributed by atoms with E-state index in [0.717, 1.165) is 54.0 Å². The number of nitrogens with one attached hydrogen (secondary N) is 2. The van der Waals surface area contributed by atoms with E-state index in [1.54, 1.807) is 17.6 Å². The van der Waals surface area contributed by atoms with Crippen LogP contribution in [0.1, 0.15) is 31.0 Å². The SMILES string of the molecule is C=C/C=C(/CCCNCc1ccc(-n2cc3cc(C)[nH]c3nc2=O)cc1)N=C(C)N. The van der Waals surface area contributed by atoms with Gasteiger partial charge in [-0.05, 0) is 63.1 Å². The lowest BCUT2D eigenvalue weighted by Gasteiger charge is -2.08. The van der Waals surface area contributed by atoms with Gasteiger partial charge in [0.2, 0.25) is 0 Å². The third kappa shape index (κ3) is 5.55. The summed E-state index contributed by atoms with van der Waals surface area (Å²) in [5.41, 5.74) is 9.84. The zero-order valence-electron chi connectivity index (χ0n) is 17.5. The predicted molar refractivity (Wildman–Crippen MR) is 123 cm³/mol. The quantitative estimate of drug-likeness (QED) is 0.220. The fourth-order valence-corrected chi connectivity index (χ4v) is 3.26. The fraction of sp³-hybridized carbons (Fsp3) is 0.261. The van der Waals surface area contributed by atoms with E-state index in [-0.39, 0.29) is 5.69 Å². The summed E-state index contributed by atoms with van der Waals surface area (Å²) >= 11 is 0. The number of aryl methyl sites for hydroxylation is 1. The zero-order valence-corrected chi connectivity index (χ0v) is 17.5. The summed E-state index contributed by atoms with van der Waals surface area (Å²) in [7, 11) is 0. The summed E-state index contributed by atoms with van der Waals surface area (Å²) in [5.74, 6) is 0.552. The van der Waals surface area contributed by atoms with Crippen molar-refractivity contribution in [2.75, 3.05) is 6.54 Å². The Hall–Kier alpha value is -3.45. The molecule has 0 aliphatic rings. The highest BCUT2D eigenvalue weighted by Crippen LogP contribution is 2.14. The number of hydrogen-bond acceptors (Lipinski definition) is 4. The van der Waals surface area contributed by atoms with Gasteiger partial charge in [0.05, 0.1) is 11.5 Å². The Kier molecular flexibility index (Phi) is 6.98. The van der Waals surface area contributed by atoms with Crippen LogP contribution in [0.2, 0.25) is 0 Å². The Bertz CT molecular complexity index is 1130. The van der Waals surface area contributed by atoms with E-state index in [1.165, 1.54) is 0 Å². The molecule has 0 unspecified atom stereocenters. The molecule has 30 heavy (non-hydrogen) atoms. The topological polar surface area (TPSA) is 101 Å². The van der Waals surface area contributed by atoms with Gasteiger partial charge in [0.1, 0.15) is 5.65 Å². The summed E-state index contributed by atoms with van der Waals surface area (Å²) in [4.78, 5) is 23.9. The number of aromatic amines is 1. The standard InChI is InChI=1S/C23H28N6O/c1-4-6-20(27-17(3)24)7-5-12-25-14-18-8-10-21(11-9-18)29-15-19-13-16(2)26-22(19)28-23(29)30/h4,6,8-11,13,15,25H,1,5,7,12,14H2,2-3H3,(H2,24,27)(H,26,28,30)/b20-6-. The van der Waals surface area contributed by atoms with E-state index in [2.05, 4.69) is 26.9 Å². The minimum atomic E-state index is -0.297. The third-order valence-corrected chi connectivity index (χ3v) is 4.60. The molecule has 0 radical (unpaired) electrons. The van der Waals surface area contributed by atoms with Crippen LogP contribution in [-0.2, 0) is 6.54 Å². The second kappa shape index (κ2) is 9.84. The first kappa shape index (κ1) is 21.3. The first-order valence-electron chi connectivity index (χ1n) is 9.97. The first-order valence-corrected chi connectivity index (χ1v) is 9.97. The maximum atomic E-state index is 12.3. The van der Waals surface area contributed by atoms with Gasteiger partial charge in [-0.25, -0.2) is 9.79 Å². The molecule has 3 aromatic rings. The van der Waals surface area contributed by atoms with Crippen LogP contribution in [0.15, 0.2) is 70.7 Å². The van der Waals surface area contributed by atoms with Crippen molar-refractivity contribution in [3.05, 3.63) is 82.7 Å². The second-order valence-electron chi connectivity index (χ2n) is 7.24. The lowest BCUT2D eigenvalue weighted by Crippen LogP contribution is -2.20. The molecule has 7 heteroatoms. The van der Waals surface area contributed by atoms with Crippen LogP contribution in [0, 0.1) is 6.92 Å². The molecule has 0 saturated heterocycles. The van der Waals surface area contributed by atoms with Crippen molar-refractivity contribution >= 4 is 16.9 Å². The average molecular weight is 405 g/mol. The number of amidine groups is 1. The van der Waals surface area contributed by atoms with Crippen LogP contribution < -0.4 is 16.7 Å². The van der Waals surface area contributed by atoms with Crippen molar-refractivity contribution in [3.8, 4) is 5.69 Å². The molecule has 3 rings (SSSR count). The second-order valence-corrected chi connectivity index (χ2v) is 7.24. The predicted octanol–water partition coefficient (Wildman–Crippen LogP) is 3.34. The van der Waals surface area contributed by atoms with E-state index >= 15 is 0 Å². The summed E-state index contributed by atoms with van der Waals surface area (Å²) in [6, 6.07) is 9.90. The molecule has 7 nitrogen and oxygen atoms in total. The van der Waals surface area contributed by atoms with Gasteiger partial charge in [0.25, 0.3) is 0 Å². The lowest BCUT2D eigenvalue weighted by molar-refractivity contribution is 0.646. The number of hydrogen-bond donors (Lipinski definition) is 3. The number of benzene rings is 1. The Balaban J connectivity index is 1.56. The zero-order chi connectivity index (χ0) is 21.5. The van der Waals surface area contributed by atoms with Gasteiger partial charge < -0.3 is 16.0 Å².